The van der Waals surface area contributed by atoms with Gasteiger partial charge in [0.25, 0.3) is 5.91 Å². The standard InChI is InChI=1S/C24H19N3O4S2/c28-23(16-7-9-17(10-8-16)33(29,30)27-11-13-31-14-12-27)26-24-25-21-18-5-1-3-15-4-2-6-19(20(15)18)22(21)32-24/h1-10H,11-14H2,(H,25,26,28). The average Bonchev–Trinajstić information content (AvgIpc) is 3.39. The summed E-state index contributed by atoms with van der Waals surface area (Å²) in [5.41, 5.74) is 3.46. The third-order valence-electron chi connectivity index (χ3n) is 5.98. The van der Waals surface area contributed by atoms with Crippen molar-refractivity contribution in [1.82, 2.24) is 9.29 Å². The topological polar surface area (TPSA) is 88.6 Å². The molecular weight excluding hydrogens is 458 g/mol. The normalized spacial score (nSPS) is 15.5. The summed E-state index contributed by atoms with van der Waals surface area (Å²) in [4.78, 5) is 18.7. The second-order valence-electron chi connectivity index (χ2n) is 7.90. The quantitative estimate of drug-likeness (QED) is 0.419. The van der Waals surface area contributed by atoms with Crippen LogP contribution in [0.25, 0.3) is 32.5 Å². The first kappa shape index (κ1) is 20.5. The summed E-state index contributed by atoms with van der Waals surface area (Å²) in [5, 5.41) is 5.75. The van der Waals surface area contributed by atoms with Crippen LogP contribution >= 0.6 is 11.3 Å². The molecule has 2 heterocycles. The molecule has 1 aliphatic carbocycles. The number of hydrogen-bond acceptors (Lipinski definition) is 6. The van der Waals surface area contributed by atoms with Gasteiger partial charge in [-0.25, -0.2) is 13.4 Å². The number of fused-ring (bicyclic) bond motifs is 3. The maximum atomic E-state index is 12.8. The zero-order valence-electron chi connectivity index (χ0n) is 17.4. The molecule has 6 rings (SSSR count). The third kappa shape index (κ3) is 3.36. The maximum absolute atomic E-state index is 12.8. The van der Waals surface area contributed by atoms with Crippen LogP contribution in [-0.2, 0) is 14.8 Å². The van der Waals surface area contributed by atoms with Gasteiger partial charge < -0.3 is 4.74 Å². The number of amides is 1. The highest BCUT2D eigenvalue weighted by atomic mass is 32.2. The Morgan fingerprint density at radius 1 is 0.970 bits per heavy atom. The first-order valence-corrected chi connectivity index (χ1v) is 12.8. The van der Waals surface area contributed by atoms with E-state index in [1.54, 1.807) is 0 Å². The van der Waals surface area contributed by atoms with Crippen LogP contribution in [0.5, 0.6) is 0 Å². The number of nitrogens with one attached hydrogen (secondary N) is 1. The van der Waals surface area contributed by atoms with Crippen molar-refractivity contribution in [3.63, 3.8) is 0 Å². The molecule has 1 aliphatic heterocycles. The van der Waals surface area contributed by atoms with Crippen molar-refractivity contribution in [3.8, 4) is 21.7 Å². The van der Waals surface area contributed by atoms with E-state index >= 15 is 0 Å². The van der Waals surface area contributed by atoms with E-state index in [0.29, 0.717) is 37.0 Å². The van der Waals surface area contributed by atoms with E-state index in [1.807, 2.05) is 12.1 Å². The smallest absolute Gasteiger partial charge is 0.257 e. The molecule has 0 spiro atoms. The summed E-state index contributed by atoms with van der Waals surface area (Å²) in [5.74, 6) is -0.329. The lowest BCUT2D eigenvalue weighted by Crippen LogP contribution is -2.40. The van der Waals surface area contributed by atoms with Crippen LogP contribution in [0, 0.1) is 0 Å². The minimum atomic E-state index is -3.60. The number of hydrogen-bond donors (Lipinski definition) is 1. The minimum absolute atomic E-state index is 0.166. The fraction of sp³-hybridized carbons (Fsp3) is 0.167. The second kappa shape index (κ2) is 7.74. The maximum Gasteiger partial charge on any atom is 0.257 e. The fourth-order valence-electron chi connectivity index (χ4n) is 4.35. The van der Waals surface area contributed by atoms with Gasteiger partial charge in [-0.05, 0) is 35.0 Å². The van der Waals surface area contributed by atoms with Gasteiger partial charge in [-0.3, -0.25) is 10.1 Å². The predicted octanol–water partition coefficient (Wildman–Crippen LogP) is 4.22. The number of ether oxygens (including phenoxy) is 1. The number of thiazole rings is 1. The van der Waals surface area contributed by atoms with Crippen LogP contribution in [0.4, 0.5) is 5.13 Å². The molecule has 9 heteroatoms. The van der Waals surface area contributed by atoms with Gasteiger partial charge in [0.05, 0.1) is 28.7 Å². The number of carbonyl (C=O) groups excluding carboxylic acids is 1. The van der Waals surface area contributed by atoms with Crippen molar-refractivity contribution < 1.29 is 17.9 Å². The van der Waals surface area contributed by atoms with Crippen LogP contribution in [0.3, 0.4) is 0 Å². The summed E-state index contributed by atoms with van der Waals surface area (Å²) >= 11 is 1.44. The Labute approximate surface area is 194 Å². The minimum Gasteiger partial charge on any atom is -0.379 e. The van der Waals surface area contributed by atoms with Gasteiger partial charge in [0.2, 0.25) is 10.0 Å². The van der Waals surface area contributed by atoms with E-state index < -0.39 is 10.0 Å². The van der Waals surface area contributed by atoms with Crippen molar-refractivity contribution in [2.24, 2.45) is 0 Å². The molecule has 2 aliphatic rings. The lowest BCUT2D eigenvalue weighted by molar-refractivity contribution is 0.0730. The number of aromatic nitrogens is 1. The Balaban J connectivity index is 1.23. The molecule has 4 aromatic rings. The van der Waals surface area contributed by atoms with Gasteiger partial charge in [0.15, 0.2) is 5.13 Å². The van der Waals surface area contributed by atoms with Gasteiger partial charge in [-0.15, -0.1) is 0 Å². The molecule has 3 aromatic carbocycles. The Hall–Kier alpha value is -3.11. The average molecular weight is 478 g/mol. The number of nitrogens with zero attached hydrogens (tertiary/aromatic N) is 2. The van der Waals surface area contributed by atoms with Gasteiger partial charge in [0, 0.05) is 29.8 Å². The highest BCUT2D eigenvalue weighted by Gasteiger charge is 2.28. The Morgan fingerprint density at radius 2 is 1.67 bits per heavy atom. The zero-order valence-corrected chi connectivity index (χ0v) is 19.1. The zero-order chi connectivity index (χ0) is 22.6. The molecule has 0 radical (unpaired) electrons. The van der Waals surface area contributed by atoms with Crippen LogP contribution in [-0.4, -0.2) is 49.9 Å². The van der Waals surface area contributed by atoms with Crippen LogP contribution in [0.1, 0.15) is 10.4 Å². The van der Waals surface area contributed by atoms with E-state index in [-0.39, 0.29) is 10.8 Å². The van der Waals surface area contributed by atoms with Crippen LogP contribution in [0.15, 0.2) is 65.6 Å². The van der Waals surface area contributed by atoms with Crippen molar-refractivity contribution in [1.29, 1.82) is 0 Å². The summed E-state index contributed by atoms with van der Waals surface area (Å²) in [6, 6.07) is 18.3. The number of sulfonamides is 1. The molecule has 1 saturated heterocycles. The molecule has 1 aromatic heterocycles. The molecule has 1 fully saturated rings. The van der Waals surface area contributed by atoms with Crippen LogP contribution in [0.2, 0.25) is 0 Å². The summed E-state index contributed by atoms with van der Waals surface area (Å²) in [7, 11) is -3.60. The molecule has 33 heavy (non-hydrogen) atoms. The van der Waals surface area contributed by atoms with Crippen molar-refractivity contribution in [3.05, 3.63) is 66.2 Å². The fourth-order valence-corrected chi connectivity index (χ4v) is 6.76. The van der Waals surface area contributed by atoms with E-state index in [4.69, 9.17) is 4.74 Å². The number of carbonyl (C=O) groups is 1. The van der Waals surface area contributed by atoms with E-state index in [0.717, 1.165) is 21.7 Å². The van der Waals surface area contributed by atoms with Gasteiger partial charge in [0.1, 0.15) is 0 Å². The molecule has 0 atom stereocenters. The number of anilines is 1. The van der Waals surface area contributed by atoms with Crippen molar-refractivity contribution >= 4 is 43.2 Å². The van der Waals surface area contributed by atoms with Crippen LogP contribution < -0.4 is 5.32 Å². The lowest BCUT2D eigenvalue weighted by atomic mass is 10.0. The van der Waals surface area contributed by atoms with E-state index in [9.17, 15) is 13.2 Å². The van der Waals surface area contributed by atoms with Gasteiger partial charge >= 0.3 is 0 Å². The molecule has 166 valence electrons. The number of rotatable bonds is 4. The summed E-state index contributed by atoms with van der Waals surface area (Å²) in [6.07, 6.45) is 0. The molecule has 0 saturated carbocycles. The van der Waals surface area contributed by atoms with Crippen molar-refractivity contribution in [2.45, 2.75) is 4.90 Å². The highest BCUT2D eigenvalue weighted by molar-refractivity contribution is 7.89. The predicted molar refractivity (Wildman–Crippen MR) is 128 cm³/mol. The Kier molecular flexibility index (Phi) is 4.81. The molecular formula is C24H19N3O4S2. The van der Waals surface area contributed by atoms with Gasteiger partial charge in [-0.1, -0.05) is 47.7 Å². The lowest BCUT2D eigenvalue weighted by Gasteiger charge is -2.26. The van der Waals surface area contributed by atoms with Gasteiger partial charge in [-0.2, -0.15) is 4.31 Å². The van der Waals surface area contributed by atoms with E-state index in [2.05, 4.69) is 34.6 Å². The summed E-state index contributed by atoms with van der Waals surface area (Å²) < 4.78 is 32.2. The third-order valence-corrected chi connectivity index (χ3v) is 8.89. The largest absolute Gasteiger partial charge is 0.379 e. The number of morpholine rings is 1. The second-order valence-corrected chi connectivity index (χ2v) is 10.8. The monoisotopic (exact) mass is 477 g/mol. The first-order chi connectivity index (χ1) is 16.0. The molecule has 7 nitrogen and oxygen atoms in total. The summed E-state index contributed by atoms with van der Waals surface area (Å²) in [6.45, 7) is 1.43. The Morgan fingerprint density at radius 3 is 2.39 bits per heavy atom. The highest BCUT2D eigenvalue weighted by Crippen LogP contribution is 2.50. The molecule has 0 unspecified atom stereocenters. The molecule has 1 amide bonds. The van der Waals surface area contributed by atoms with E-state index in [1.165, 1.54) is 50.7 Å². The first-order valence-electron chi connectivity index (χ1n) is 10.5. The number of benzene rings is 3. The Bertz CT molecular complexity index is 1450. The molecule has 1 N–H and O–H groups in total. The SMILES string of the molecule is O=C(Nc1nc2c(s1)-c1cccc3cccc-2c13)c1ccc(S(=O)(=O)N2CCOCC2)cc1. The molecule has 0 bridgehead atoms. The van der Waals surface area contributed by atoms with Crippen molar-refractivity contribution in [2.75, 3.05) is 31.6 Å².